The van der Waals surface area contributed by atoms with Crippen LogP contribution in [-0.2, 0) is 0 Å². The van der Waals surface area contributed by atoms with Crippen molar-refractivity contribution in [1.29, 1.82) is 0 Å². The Morgan fingerprint density at radius 1 is 1.44 bits per heavy atom. The maximum absolute atomic E-state index is 11.9. The number of nitrogens with one attached hydrogen (secondary N) is 1. The van der Waals surface area contributed by atoms with Crippen LogP contribution >= 0.6 is 15.9 Å². The number of aromatic nitrogens is 2. The molecule has 0 atom stereocenters. The fraction of sp³-hybridized carbons (Fsp3) is 0.0909. The van der Waals surface area contributed by atoms with Crippen LogP contribution in [0.15, 0.2) is 41.3 Å². The Kier molecular flexibility index (Phi) is 3.05. The first-order chi connectivity index (χ1) is 7.68. The van der Waals surface area contributed by atoms with Crippen LogP contribution < -0.4 is 4.90 Å². The molecule has 1 N–H and O–H groups in total. The van der Waals surface area contributed by atoms with Gasteiger partial charge in [-0.25, -0.2) is 4.98 Å². The van der Waals surface area contributed by atoms with Crippen LogP contribution in [0.1, 0.15) is 10.4 Å². The van der Waals surface area contributed by atoms with E-state index in [1.54, 1.807) is 37.8 Å². The van der Waals surface area contributed by atoms with E-state index in [-0.39, 0.29) is 5.91 Å². The highest BCUT2D eigenvalue weighted by Crippen LogP contribution is 2.15. The zero-order chi connectivity index (χ0) is 11.5. The average Bonchev–Trinajstić information content (AvgIpc) is 2.81. The molecule has 0 spiro atoms. The van der Waals surface area contributed by atoms with Gasteiger partial charge in [0.15, 0.2) is 0 Å². The highest BCUT2D eigenvalue weighted by atomic mass is 79.9. The van der Waals surface area contributed by atoms with E-state index in [1.807, 2.05) is 6.07 Å². The molecule has 16 heavy (non-hydrogen) atoms. The lowest BCUT2D eigenvalue weighted by Crippen LogP contribution is -2.26. The molecule has 82 valence electrons. The number of rotatable bonds is 2. The molecule has 0 unspecified atom stereocenters. The first-order valence-electron chi connectivity index (χ1n) is 4.71. The molecule has 0 aromatic carbocycles. The Balaban J connectivity index is 2.22. The molecule has 0 aliphatic heterocycles. The van der Waals surface area contributed by atoms with E-state index in [0.717, 1.165) is 4.47 Å². The number of halogens is 1. The summed E-state index contributed by atoms with van der Waals surface area (Å²) < 4.78 is 0.888. The molecule has 0 saturated heterocycles. The molecule has 4 nitrogen and oxygen atoms in total. The van der Waals surface area contributed by atoms with Crippen molar-refractivity contribution >= 4 is 27.7 Å². The maximum atomic E-state index is 11.9. The molecule has 1 amide bonds. The summed E-state index contributed by atoms with van der Waals surface area (Å²) in [7, 11) is 1.70. The first kappa shape index (κ1) is 10.9. The Morgan fingerprint density at radius 2 is 2.25 bits per heavy atom. The highest BCUT2D eigenvalue weighted by Gasteiger charge is 2.14. The summed E-state index contributed by atoms with van der Waals surface area (Å²) in [5, 5.41) is 0. The lowest BCUT2D eigenvalue weighted by molar-refractivity contribution is 0.0992. The number of carbonyl (C=O) groups is 1. The van der Waals surface area contributed by atoms with E-state index >= 15 is 0 Å². The molecule has 0 fully saturated rings. The Morgan fingerprint density at radius 3 is 2.81 bits per heavy atom. The molecular weight excluding hydrogens is 270 g/mol. The predicted molar refractivity (Wildman–Crippen MR) is 65.5 cm³/mol. The fourth-order valence-electron chi connectivity index (χ4n) is 1.32. The van der Waals surface area contributed by atoms with Gasteiger partial charge in [-0.2, -0.15) is 0 Å². The summed E-state index contributed by atoms with van der Waals surface area (Å²) in [5.41, 5.74) is 0.618. The third-order valence-electron chi connectivity index (χ3n) is 2.20. The second-order valence-corrected chi connectivity index (χ2v) is 4.21. The van der Waals surface area contributed by atoms with Crippen molar-refractivity contribution in [2.24, 2.45) is 0 Å². The van der Waals surface area contributed by atoms with Gasteiger partial charge in [0, 0.05) is 30.1 Å². The lowest BCUT2D eigenvalue weighted by atomic mass is 10.3. The van der Waals surface area contributed by atoms with Crippen molar-refractivity contribution < 1.29 is 4.79 Å². The highest BCUT2D eigenvalue weighted by molar-refractivity contribution is 9.10. The quantitative estimate of drug-likeness (QED) is 0.918. The van der Waals surface area contributed by atoms with Gasteiger partial charge in [0.1, 0.15) is 5.82 Å². The van der Waals surface area contributed by atoms with Crippen LogP contribution in [0.2, 0.25) is 0 Å². The number of nitrogens with zero attached hydrogens (tertiary/aromatic N) is 2. The second kappa shape index (κ2) is 4.49. The van der Waals surface area contributed by atoms with Crippen molar-refractivity contribution in [3.63, 3.8) is 0 Å². The number of amides is 1. The SMILES string of the molecule is CN(C(=O)c1cc[nH]c1)c1ccc(Br)cn1. The number of aromatic amines is 1. The van der Waals surface area contributed by atoms with Crippen molar-refractivity contribution in [3.8, 4) is 0 Å². The average molecular weight is 280 g/mol. The summed E-state index contributed by atoms with van der Waals surface area (Å²) in [4.78, 5) is 20.5. The van der Waals surface area contributed by atoms with E-state index in [9.17, 15) is 4.79 Å². The topological polar surface area (TPSA) is 49.0 Å². The largest absolute Gasteiger partial charge is 0.367 e. The number of hydrogen-bond donors (Lipinski definition) is 1. The monoisotopic (exact) mass is 279 g/mol. The molecule has 2 rings (SSSR count). The molecule has 0 saturated carbocycles. The molecular formula is C11H10BrN3O. The molecule has 5 heteroatoms. The minimum Gasteiger partial charge on any atom is -0.367 e. The van der Waals surface area contributed by atoms with E-state index in [4.69, 9.17) is 0 Å². The minimum atomic E-state index is -0.0870. The summed E-state index contributed by atoms with van der Waals surface area (Å²) in [6.07, 6.45) is 5.05. The summed E-state index contributed by atoms with van der Waals surface area (Å²) in [6, 6.07) is 5.37. The molecule has 0 radical (unpaired) electrons. The predicted octanol–water partition coefficient (Wildman–Crippen LogP) is 2.45. The van der Waals surface area contributed by atoms with Crippen LogP contribution in [-0.4, -0.2) is 22.9 Å². The third-order valence-corrected chi connectivity index (χ3v) is 2.67. The van der Waals surface area contributed by atoms with E-state index in [2.05, 4.69) is 25.9 Å². The van der Waals surface area contributed by atoms with E-state index in [1.165, 1.54) is 4.90 Å². The number of anilines is 1. The zero-order valence-electron chi connectivity index (χ0n) is 8.64. The van der Waals surface area contributed by atoms with Gasteiger partial charge in [-0.05, 0) is 34.1 Å². The van der Waals surface area contributed by atoms with Gasteiger partial charge < -0.3 is 4.98 Å². The number of carbonyl (C=O) groups excluding carboxylic acids is 1. The van der Waals surface area contributed by atoms with Gasteiger partial charge in [0.2, 0.25) is 0 Å². The molecule has 2 heterocycles. The number of hydrogen-bond acceptors (Lipinski definition) is 2. The normalized spacial score (nSPS) is 10.1. The lowest BCUT2D eigenvalue weighted by Gasteiger charge is -2.15. The fourth-order valence-corrected chi connectivity index (χ4v) is 1.56. The van der Waals surface area contributed by atoms with Gasteiger partial charge in [0.25, 0.3) is 5.91 Å². The second-order valence-electron chi connectivity index (χ2n) is 3.30. The molecule has 0 bridgehead atoms. The smallest absolute Gasteiger partial charge is 0.260 e. The Labute approximate surface area is 101 Å². The third kappa shape index (κ3) is 2.14. The van der Waals surface area contributed by atoms with Gasteiger partial charge in [-0.15, -0.1) is 0 Å². The number of pyridine rings is 1. The molecule has 0 aliphatic rings. The standard InChI is InChI=1S/C11H10BrN3O/c1-15(10-3-2-9(12)7-14-10)11(16)8-4-5-13-6-8/h2-7,13H,1H3. The zero-order valence-corrected chi connectivity index (χ0v) is 10.2. The van der Waals surface area contributed by atoms with Gasteiger partial charge in [-0.3, -0.25) is 9.69 Å². The van der Waals surface area contributed by atoms with Crippen molar-refractivity contribution in [3.05, 3.63) is 46.8 Å². The number of H-pyrrole nitrogens is 1. The maximum Gasteiger partial charge on any atom is 0.260 e. The van der Waals surface area contributed by atoms with Crippen molar-refractivity contribution in [1.82, 2.24) is 9.97 Å². The molecule has 0 aliphatic carbocycles. The Hall–Kier alpha value is -1.62. The van der Waals surface area contributed by atoms with Gasteiger partial charge in [-0.1, -0.05) is 0 Å². The summed E-state index contributed by atoms with van der Waals surface area (Å²) >= 11 is 3.30. The Bertz CT molecular complexity index is 478. The van der Waals surface area contributed by atoms with Crippen LogP contribution in [0.25, 0.3) is 0 Å². The van der Waals surface area contributed by atoms with E-state index < -0.39 is 0 Å². The molecule has 2 aromatic heterocycles. The van der Waals surface area contributed by atoms with Crippen molar-refractivity contribution in [2.75, 3.05) is 11.9 Å². The van der Waals surface area contributed by atoms with E-state index in [0.29, 0.717) is 11.4 Å². The van der Waals surface area contributed by atoms with Crippen molar-refractivity contribution in [2.45, 2.75) is 0 Å². The van der Waals surface area contributed by atoms with Crippen LogP contribution in [0, 0.1) is 0 Å². The minimum absolute atomic E-state index is 0.0870. The van der Waals surface area contributed by atoms with Crippen LogP contribution in [0.4, 0.5) is 5.82 Å². The first-order valence-corrected chi connectivity index (χ1v) is 5.50. The molecule has 2 aromatic rings. The van der Waals surface area contributed by atoms with Crippen LogP contribution in [0.5, 0.6) is 0 Å². The van der Waals surface area contributed by atoms with Gasteiger partial charge in [0.05, 0.1) is 5.56 Å². The van der Waals surface area contributed by atoms with Gasteiger partial charge >= 0.3 is 0 Å². The summed E-state index contributed by atoms with van der Waals surface area (Å²) in [6.45, 7) is 0. The summed E-state index contributed by atoms with van der Waals surface area (Å²) in [5.74, 6) is 0.533. The van der Waals surface area contributed by atoms with Crippen LogP contribution in [0.3, 0.4) is 0 Å².